The summed E-state index contributed by atoms with van der Waals surface area (Å²) in [6.07, 6.45) is -4.42. The zero-order valence-electron chi connectivity index (χ0n) is 15.4. The van der Waals surface area contributed by atoms with Crippen LogP contribution in [0.2, 0.25) is 0 Å². The zero-order chi connectivity index (χ0) is 20.2. The molecule has 1 N–H and O–H groups in total. The van der Waals surface area contributed by atoms with Gasteiger partial charge in [0.25, 0.3) is 0 Å². The third kappa shape index (κ3) is 5.84. The maximum Gasteiger partial charge on any atom is 0.416 e. The minimum absolute atomic E-state index is 0.0214. The lowest BCUT2D eigenvalue weighted by Crippen LogP contribution is -2.32. The Hall–Kier alpha value is -2.83. The van der Waals surface area contributed by atoms with Gasteiger partial charge in [0.15, 0.2) is 0 Å². The molecule has 0 saturated heterocycles. The molecule has 0 atom stereocenters. The number of nitrogens with one attached hydrogen (secondary N) is 1. The molecule has 0 aliphatic rings. The van der Waals surface area contributed by atoms with Gasteiger partial charge in [-0.15, -0.1) is 0 Å². The van der Waals surface area contributed by atoms with Gasteiger partial charge in [-0.2, -0.15) is 13.2 Å². The number of anilines is 2. The Morgan fingerprint density at radius 2 is 1.56 bits per heavy atom. The van der Waals surface area contributed by atoms with Gasteiger partial charge in [-0.25, -0.2) is 0 Å². The van der Waals surface area contributed by atoms with E-state index in [1.54, 1.807) is 0 Å². The van der Waals surface area contributed by atoms with E-state index in [9.17, 15) is 22.8 Å². The number of amides is 2. The zero-order valence-corrected chi connectivity index (χ0v) is 15.4. The van der Waals surface area contributed by atoms with Crippen LogP contribution < -0.4 is 10.2 Å². The minimum atomic E-state index is -4.44. The van der Waals surface area contributed by atoms with Gasteiger partial charge in [-0.05, 0) is 61.4 Å². The van der Waals surface area contributed by atoms with Crippen LogP contribution in [0.25, 0.3) is 0 Å². The first kappa shape index (κ1) is 20.5. The Morgan fingerprint density at radius 3 is 2.04 bits per heavy atom. The molecule has 0 aliphatic carbocycles. The summed E-state index contributed by atoms with van der Waals surface area (Å²) in [4.78, 5) is 25.3. The summed E-state index contributed by atoms with van der Waals surface area (Å²) in [5.41, 5.74) is 2.22. The molecule has 2 aromatic carbocycles. The number of halogens is 3. The number of nitrogens with zero attached hydrogens (tertiary/aromatic N) is 1. The molecule has 4 nitrogen and oxygen atoms in total. The molecule has 0 bridgehead atoms. The molecule has 0 saturated carbocycles. The summed E-state index contributed by atoms with van der Waals surface area (Å²) in [6, 6.07) is 9.95. The van der Waals surface area contributed by atoms with Gasteiger partial charge in [-0.3, -0.25) is 9.59 Å². The fraction of sp³-hybridized carbons (Fsp3) is 0.300. The van der Waals surface area contributed by atoms with Crippen LogP contribution in [0, 0.1) is 13.8 Å². The number of hydrogen-bond acceptors (Lipinski definition) is 2. The van der Waals surface area contributed by atoms with Crippen LogP contribution in [0.15, 0.2) is 42.5 Å². The van der Waals surface area contributed by atoms with Crippen molar-refractivity contribution in [3.05, 3.63) is 59.2 Å². The highest BCUT2D eigenvalue weighted by Gasteiger charge is 2.30. The summed E-state index contributed by atoms with van der Waals surface area (Å²) in [7, 11) is 0. The van der Waals surface area contributed by atoms with E-state index in [1.807, 2.05) is 32.0 Å². The molecular weight excluding hydrogens is 357 g/mol. The molecule has 2 aromatic rings. The average molecular weight is 378 g/mol. The second-order valence-electron chi connectivity index (χ2n) is 6.39. The molecule has 0 radical (unpaired) electrons. The van der Waals surface area contributed by atoms with Crippen molar-refractivity contribution < 1.29 is 22.8 Å². The molecule has 27 heavy (non-hydrogen) atoms. The van der Waals surface area contributed by atoms with Crippen molar-refractivity contribution in [1.29, 1.82) is 0 Å². The fourth-order valence-corrected chi connectivity index (χ4v) is 2.78. The number of rotatable bonds is 5. The smallest absolute Gasteiger partial charge is 0.326 e. The van der Waals surface area contributed by atoms with E-state index in [-0.39, 0.29) is 24.8 Å². The monoisotopic (exact) mass is 378 g/mol. The van der Waals surface area contributed by atoms with Gasteiger partial charge >= 0.3 is 6.18 Å². The molecule has 0 unspecified atom stereocenters. The molecule has 0 aliphatic heterocycles. The largest absolute Gasteiger partial charge is 0.416 e. The van der Waals surface area contributed by atoms with Gasteiger partial charge in [0, 0.05) is 31.3 Å². The van der Waals surface area contributed by atoms with Crippen LogP contribution in [-0.2, 0) is 15.8 Å². The lowest BCUT2D eigenvalue weighted by molar-refractivity contribution is -0.137. The van der Waals surface area contributed by atoms with E-state index < -0.39 is 11.7 Å². The first-order valence-corrected chi connectivity index (χ1v) is 8.40. The number of benzene rings is 2. The van der Waals surface area contributed by atoms with Gasteiger partial charge in [0.05, 0.1) is 5.56 Å². The summed E-state index contributed by atoms with van der Waals surface area (Å²) in [6.45, 7) is 5.21. The van der Waals surface area contributed by atoms with Crippen molar-refractivity contribution in [3.63, 3.8) is 0 Å². The second kappa shape index (κ2) is 8.24. The van der Waals surface area contributed by atoms with Gasteiger partial charge in [0.2, 0.25) is 11.8 Å². The van der Waals surface area contributed by atoms with E-state index in [0.717, 1.165) is 23.3 Å². The predicted octanol–water partition coefficient (Wildman–Crippen LogP) is 4.70. The summed E-state index contributed by atoms with van der Waals surface area (Å²) < 4.78 is 38.0. The first-order valence-electron chi connectivity index (χ1n) is 8.40. The van der Waals surface area contributed by atoms with E-state index in [4.69, 9.17) is 0 Å². The van der Waals surface area contributed by atoms with Crippen LogP contribution >= 0.6 is 0 Å². The minimum Gasteiger partial charge on any atom is -0.326 e. The highest BCUT2D eigenvalue weighted by Crippen LogP contribution is 2.30. The van der Waals surface area contributed by atoms with Crippen LogP contribution in [0.1, 0.15) is 30.0 Å². The van der Waals surface area contributed by atoms with Crippen molar-refractivity contribution in [1.82, 2.24) is 0 Å². The van der Waals surface area contributed by atoms with E-state index in [2.05, 4.69) is 5.32 Å². The Labute approximate surface area is 156 Å². The van der Waals surface area contributed by atoms with Crippen molar-refractivity contribution in [2.24, 2.45) is 0 Å². The molecule has 7 heteroatoms. The maximum atomic E-state index is 12.7. The standard InChI is InChI=1S/C20H21F3N2O2/c1-13-10-14(2)12-17(11-13)24-19(27)8-9-25(15(3)26)18-6-4-16(5-7-18)20(21,22)23/h4-7,10-12H,8-9H2,1-3H3,(H,24,27). The van der Waals surface area contributed by atoms with Crippen LogP contribution in [0.3, 0.4) is 0 Å². The van der Waals surface area contributed by atoms with Gasteiger partial charge in [-0.1, -0.05) is 6.07 Å². The average Bonchev–Trinajstić information content (AvgIpc) is 2.53. The maximum absolute atomic E-state index is 12.7. The number of alkyl halides is 3. The molecule has 144 valence electrons. The number of carbonyl (C=O) groups is 2. The molecule has 0 aromatic heterocycles. The fourth-order valence-electron chi connectivity index (χ4n) is 2.78. The van der Waals surface area contributed by atoms with E-state index >= 15 is 0 Å². The molecule has 0 fully saturated rings. The predicted molar refractivity (Wildman–Crippen MR) is 98.6 cm³/mol. The van der Waals surface area contributed by atoms with Crippen LogP contribution in [0.4, 0.5) is 24.5 Å². The lowest BCUT2D eigenvalue weighted by atomic mass is 10.1. The first-order chi connectivity index (χ1) is 12.6. The number of hydrogen-bond donors (Lipinski definition) is 1. The van der Waals surface area contributed by atoms with Crippen molar-refractivity contribution in [2.75, 3.05) is 16.8 Å². The molecular formula is C20H21F3N2O2. The molecule has 0 heterocycles. The van der Waals surface area contributed by atoms with E-state index in [0.29, 0.717) is 11.4 Å². The van der Waals surface area contributed by atoms with Crippen LogP contribution in [-0.4, -0.2) is 18.4 Å². The van der Waals surface area contributed by atoms with Gasteiger partial charge in [0.1, 0.15) is 0 Å². The topological polar surface area (TPSA) is 49.4 Å². The Kier molecular flexibility index (Phi) is 6.25. The van der Waals surface area contributed by atoms with Crippen molar-refractivity contribution >= 4 is 23.2 Å². The third-order valence-corrected chi connectivity index (χ3v) is 3.95. The summed E-state index contributed by atoms with van der Waals surface area (Å²) in [5, 5.41) is 2.77. The second-order valence-corrected chi connectivity index (χ2v) is 6.39. The quantitative estimate of drug-likeness (QED) is 0.820. The Bertz CT molecular complexity index is 810. The third-order valence-electron chi connectivity index (χ3n) is 3.95. The lowest BCUT2D eigenvalue weighted by Gasteiger charge is -2.21. The summed E-state index contributed by atoms with van der Waals surface area (Å²) in [5.74, 6) is -0.632. The highest BCUT2D eigenvalue weighted by atomic mass is 19.4. The highest BCUT2D eigenvalue weighted by molar-refractivity contribution is 5.94. The molecule has 0 spiro atoms. The van der Waals surface area contributed by atoms with Crippen molar-refractivity contribution in [3.8, 4) is 0 Å². The molecule has 2 amide bonds. The number of carbonyl (C=O) groups excluding carboxylic acids is 2. The van der Waals surface area contributed by atoms with Gasteiger partial charge < -0.3 is 10.2 Å². The Morgan fingerprint density at radius 1 is 1.00 bits per heavy atom. The van der Waals surface area contributed by atoms with E-state index in [1.165, 1.54) is 24.0 Å². The van der Waals surface area contributed by atoms with Crippen LogP contribution in [0.5, 0.6) is 0 Å². The SMILES string of the molecule is CC(=O)N(CCC(=O)Nc1cc(C)cc(C)c1)c1ccc(C(F)(F)F)cc1. The van der Waals surface area contributed by atoms with Crippen molar-refractivity contribution in [2.45, 2.75) is 33.4 Å². The normalized spacial score (nSPS) is 11.2. The number of aryl methyl sites for hydroxylation is 2. The Balaban J connectivity index is 2.03. The summed E-state index contributed by atoms with van der Waals surface area (Å²) >= 11 is 0. The molecule has 2 rings (SSSR count).